The van der Waals surface area contributed by atoms with Gasteiger partial charge in [0.1, 0.15) is 23.4 Å². The van der Waals surface area contributed by atoms with Crippen LogP contribution in [-0.2, 0) is 6.42 Å². The normalized spacial score (nSPS) is 17.2. The molecule has 0 aromatic heterocycles. The molecule has 5 nitrogen and oxygen atoms in total. The number of aliphatic hydroxyl groups is 1. The minimum atomic E-state index is -0.829. The Morgan fingerprint density at radius 2 is 1.52 bits per heavy atom. The third kappa shape index (κ3) is 6.76. The molecule has 0 spiro atoms. The first-order valence-corrected chi connectivity index (χ1v) is 12.3. The number of benzene rings is 2. The molecule has 0 aliphatic carbocycles. The molecule has 0 amide bonds. The van der Waals surface area contributed by atoms with Gasteiger partial charge in [-0.1, -0.05) is 46.1 Å². The molecule has 0 radical (unpaired) electrons. The van der Waals surface area contributed by atoms with Gasteiger partial charge < -0.3 is 24.1 Å². The molecule has 1 aliphatic heterocycles. The Kier molecular flexibility index (Phi) is 9.67. The highest BCUT2D eigenvalue weighted by molar-refractivity contribution is 5.52. The van der Waals surface area contributed by atoms with Crippen molar-refractivity contribution < 1.29 is 28.4 Å². The number of hydrogen-bond donors (Lipinski definition) is 1. The van der Waals surface area contributed by atoms with Gasteiger partial charge in [0.25, 0.3) is 0 Å². The van der Waals surface area contributed by atoms with Crippen molar-refractivity contribution in [3.05, 3.63) is 47.3 Å². The minimum Gasteiger partial charge on any atom is -0.493 e. The number of unbranched alkanes of at least 4 members (excludes halogenated alkanes) is 3. The van der Waals surface area contributed by atoms with Crippen molar-refractivity contribution in [1.82, 2.24) is 0 Å². The van der Waals surface area contributed by atoms with Gasteiger partial charge in [0.05, 0.1) is 25.9 Å². The summed E-state index contributed by atoms with van der Waals surface area (Å²) in [6.07, 6.45) is 4.65. The Bertz CT molecular complexity index is 885. The fourth-order valence-corrected chi connectivity index (χ4v) is 3.73. The average Bonchev–Trinajstić information content (AvgIpc) is 2.80. The zero-order valence-corrected chi connectivity index (χ0v) is 20.1. The van der Waals surface area contributed by atoms with Crippen molar-refractivity contribution in [2.24, 2.45) is 0 Å². The van der Waals surface area contributed by atoms with Crippen LogP contribution in [0, 0.1) is 5.82 Å². The summed E-state index contributed by atoms with van der Waals surface area (Å²) in [5, 5.41) is 10.9. The van der Waals surface area contributed by atoms with Crippen LogP contribution in [0.3, 0.4) is 0 Å². The van der Waals surface area contributed by atoms with Crippen LogP contribution in [0.25, 0.3) is 0 Å². The Labute approximate surface area is 196 Å². The molecule has 2 aromatic rings. The lowest BCUT2D eigenvalue weighted by molar-refractivity contribution is 0.0193. The molecule has 33 heavy (non-hydrogen) atoms. The SMILES string of the molecule is CCCCOc1cc(OCCCC)c2c(c1)OC(c1ccc(OCCCC)c(F)c1)[C@H](O)C2. The first-order chi connectivity index (χ1) is 16.1. The first-order valence-electron chi connectivity index (χ1n) is 12.3. The van der Waals surface area contributed by atoms with E-state index in [1.54, 1.807) is 12.1 Å². The Morgan fingerprint density at radius 1 is 0.879 bits per heavy atom. The van der Waals surface area contributed by atoms with Gasteiger partial charge in [-0.25, -0.2) is 4.39 Å². The maximum atomic E-state index is 14.6. The number of fused-ring (bicyclic) bond motifs is 1. The molecular formula is C27H37FO5. The van der Waals surface area contributed by atoms with Gasteiger partial charge in [-0.05, 0) is 37.0 Å². The van der Waals surface area contributed by atoms with Crippen molar-refractivity contribution in [3.63, 3.8) is 0 Å². The summed E-state index contributed by atoms with van der Waals surface area (Å²) in [7, 11) is 0. The van der Waals surface area contributed by atoms with Crippen LogP contribution in [0.15, 0.2) is 30.3 Å². The van der Waals surface area contributed by atoms with Crippen molar-refractivity contribution >= 4 is 0 Å². The lowest BCUT2D eigenvalue weighted by Crippen LogP contribution is -2.30. The van der Waals surface area contributed by atoms with Gasteiger partial charge in [0, 0.05) is 24.1 Å². The van der Waals surface area contributed by atoms with Gasteiger partial charge in [-0.2, -0.15) is 0 Å². The Balaban J connectivity index is 1.82. The van der Waals surface area contributed by atoms with Crippen molar-refractivity contribution in [2.45, 2.75) is 77.9 Å². The molecule has 0 saturated carbocycles. The van der Waals surface area contributed by atoms with Gasteiger partial charge in [0.2, 0.25) is 0 Å². The van der Waals surface area contributed by atoms with E-state index in [-0.39, 0.29) is 5.75 Å². The largest absolute Gasteiger partial charge is 0.493 e. The van der Waals surface area contributed by atoms with Crippen LogP contribution in [0.1, 0.15) is 76.5 Å². The zero-order chi connectivity index (χ0) is 23.6. The van der Waals surface area contributed by atoms with Gasteiger partial charge in [-0.3, -0.25) is 0 Å². The van der Waals surface area contributed by atoms with Gasteiger partial charge >= 0.3 is 0 Å². The Morgan fingerprint density at radius 3 is 2.15 bits per heavy atom. The molecule has 1 heterocycles. The summed E-state index contributed by atoms with van der Waals surface area (Å²) in [5.74, 6) is 1.72. The van der Waals surface area contributed by atoms with E-state index in [2.05, 4.69) is 20.8 Å². The first kappa shape index (κ1) is 25.2. The monoisotopic (exact) mass is 460 g/mol. The lowest BCUT2D eigenvalue weighted by atomic mass is 9.94. The topological polar surface area (TPSA) is 57.2 Å². The van der Waals surface area contributed by atoms with E-state index in [0.717, 1.165) is 44.1 Å². The van der Waals surface area contributed by atoms with Gasteiger partial charge in [0.15, 0.2) is 11.6 Å². The molecular weight excluding hydrogens is 423 g/mol. The highest BCUT2D eigenvalue weighted by atomic mass is 19.1. The number of ether oxygens (including phenoxy) is 4. The number of halogens is 1. The molecule has 1 unspecified atom stereocenters. The highest BCUT2D eigenvalue weighted by Gasteiger charge is 2.33. The van der Waals surface area contributed by atoms with Gasteiger partial charge in [-0.15, -0.1) is 0 Å². The van der Waals surface area contributed by atoms with Crippen LogP contribution in [-0.4, -0.2) is 31.0 Å². The standard InChI is InChI=1S/C27H37FO5/c1-4-7-12-30-20-16-25(32-14-9-6-3)21-18-23(29)27(33-26(21)17-20)19-10-11-24(22(28)15-19)31-13-8-5-2/h10-11,15-17,23,27,29H,4-9,12-14,18H2,1-3H3/t23-,27?/m1/s1. The van der Waals surface area contributed by atoms with Crippen molar-refractivity contribution in [1.29, 1.82) is 0 Å². The van der Waals surface area contributed by atoms with E-state index < -0.39 is 18.0 Å². The molecule has 0 bridgehead atoms. The van der Waals surface area contributed by atoms with Crippen LogP contribution in [0.4, 0.5) is 4.39 Å². The lowest BCUT2D eigenvalue weighted by Gasteiger charge is -2.32. The third-order valence-corrected chi connectivity index (χ3v) is 5.72. The molecule has 182 valence electrons. The number of hydrogen-bond acceptors (Lipinski definition) is 5. The maximum Gasteiger partial charge on any atom is 0.165 e. The molecule has 1 aliphatic rings. The maximum absolute atomic E-state index is 14.6. The van der Waals surface area contributed by atoms with E-state index in [0.29, 0.717) is 49.1 Å². The number of rotatable bonds is 13. The van der Waals surface area contributed by atoms with E-state index in [9.17, 15) is 9.50 Å². The molecule has 2 aromatic carbocycles. The predicted molar refractivity (Wildman–Crippen MR) is 127 cm³/mol. The average molecular weight is 461 g/mol. The molecule has 0 saturated heterocycles. The highest BCUT2D eigenvalue weighted by Crippen LogP contribution is 2.43. The van der Waals surface area contributed by atoms with E-state index in [1.807, 2.05) is 12.1 Å². The van der Waals surface area contributed by atoms with E-state index in [1.165, 1.54) is 6.07 Å². The summed E-state index contributed by atoms with van der Waals surface area (Å²) in [6, 6.07) is 8.47. The Hall–Kier alpha value is -2.47. The zero-order valence-electron chi connectivity index (χ0n) is 20.1. The second kappa shape index (κ2) is 12.7. The van der Waals surface area contributed by atoms with Crippen LogP contribution in [0.5, 0.6) is 23.0 Å². The molecule has 1 N–H and O–H groups in total. The second-order valence-electron chi connectivity index (χ2n) is 8.50. The smallest absolute Gasteiger partial charge is 0.165 e. The van der Waals surface area contributed by atoms with Crippen LogP contribution < -0.4 is 18.9 Å². The molecule has 6 heteroatoms. The fourth-order valence-electron chi connectivity index (χ4n) is 3.73. The summed E-state index contributed by atoms with van der Waals surface area (Å²) in [5.41, 5.74) is 1.39. The predicted octanol–water partition coefficient (Wildman–Crippen LogP) is 6.40. The van der Waals surface area contributed by atoms with Crippen molar-refractivity contribution in [2.75, 3.05) is 19.8 Å². The van der Waals surface area contributed by atoms with Crippen LogP contribution in [0.2, 0.25) is 0 Å². The van der Waals surface area contributed by atoms with E-state index >= 15 is 0 Å². The summed E-state index contributed by atoms with van der Waals surface area (Å²) >= 11 is 0. The molecule has 3 rings (SSSR count). The quantitative estimate of drug-likeness (QED) is 0.351. The van der Waals surface area contributed by atoms with E-state index in [4.69, 9.17) is 18.9 Å². The molecule has 0 fully saturated rings. The summed E-state index contributed by atoms with van der Waals surface area (Å²) in [6.45, 7) is 7.96. The summed E-state index contributed by atoms with van der Waals surface area (Å²) in [4.78, 5) is 0. The molecule has 2 atom stereocenters. The summed E-state index contributed by atoms with van der Waals surface area (Å²) < 4.78 is 38.3. The second-order valence-corrected chi connectivity index (χ2v) is 8.50. The van der Waals surface area contributed by atoms with Crippen LogP contribution >= 0.6 is 0 Å². The van der Waals surface area contributed by atoms with Crippen molar-refractivity contribution in [3.8, 4) is 23.0 Å². The fraction of sp³-hybridized carbons (Fsp3) is 0.556. The minimum absolute atomic E-state index is 0.219. The third-order valence-electron chi connectivity index (χ3n) is 5.72. The number of aliphatic hydroxyl groups excluding tert-OH is 1.